The van der Waals surface area contributed by atoms with Gasteiger partial charge < -0.3 is 15.6 Å². The van der Waals surface area contributed by atoms with Gasteiger partial charge in [0.05, 0.1) is 12.6 Å². The fourth-order valence-corrected chi connectivity index (χ4v) is 0.824. The Morgan fingerprint density at radius 2 is 2.23 bits per heavy atom. The van der Waals surface area contributed by atoms with E-state index in [4.69, 9.17) is 10.8 Å². The van der Waals surface area contributed by atoms with Gasteiger partial charge in [-0.3, -0.25) is 9.59 Å². The number of ether oxygens (including phenoxy) is 1. The first-order valence-electron chi connectivity index (χ1n) is 3.93. The zero-order chi connectivity index (χ0) is 10.5. The molecule has 0 aromatic carbocycles. The normalized spacial score (nSPS) is 13.5. The number of carbonyl (C=O) groups excluding carboxylic acids is 2. The molecule has 0 amide bonds. The third-order valence-electron chi connectivity index (χ3n) is 1.58. The first-order valence-corrected chi connectivity index (χ1v) is 3.93. The summed E-state index contributed by atoms with van der Waals surface area (Å²) in [7, 11) is 0. The molecule has 76 valence electrons. The van der Waals surface area contributed by atoms with Gasteiger partial charge in [0, 0.05) is 6.42 Å². The standard InChI is InChI=1S/C8H15NO4/c1-8(2,13-5-11)3-7(12)6(9)4-10/h5-6,10H,3-4,9H2,1-2H3/t6-/m0/s1. The molecule has 1 atom stereocenters. The molecule has 0 fully saturated rings. The average Bonchev–Trinajstić information content (AvgIpc) is 2.01. The summed E-state index contributed by atoms with van der Waals surface area (Å²) in [5.41, 5.74) is 4.42. The summed E-state index contributed by atoms with van der Waals surface area (Å²) < 4.78 is 4.66. The molecule has 0 aliphatic carbocycles. The number of ketones is 1. The van der Waals surface area contributed by atoms with Crippen molar-refractivity contribution in [2.75, 3.05) is 6.61 Å². The minimum absolute atomic E-state index is 0.00741. The highest BCUT2D eigenvalue weighted by Crippen LogP contribution is 2.14. The minimum atomic E-state index is -0.894. The van der Waals surface area contributed by atoms with Gasteiger partial charge in [-0.05, 0) is 13.8 Å². The molecular formula is C8H15NO4. The highest BCUT2D eigenvalue weighted by atomic mass is 16.5. The number of hydrogen-bond acceptors (Lipinski definition) is 5. The Labute approximate surface area is 76.9 Å². The van der Waals surface area contributed by atoms with Gasteiger partial charge in [0.25, 0.3) is 6.47 Å². The highest BCUT2D eigenvalue weighted by molar-refractivity contribution is 5.84. The van der Waals surface area contributed by atoms with Crippen molar-refractivity contribution in [3.63, 3.8) is 0 Å². The number of hydrogen-bond donors (Lipinski definition) is 2. The average molecular weight is 189 g/mol. The summed E-state index contributed by atoms with van der Waals surface area (Å²) in [4.78, 5) is 21.2. The van der Waals surface area contributed by atoms with Crippen molar-refractivity contribution in [2.24, 2.45) is 5.73 Å². The number of rotatable bonds is 6. The molecule has 0 saturated carbocycles. The molecule has 0 aliphatic heterocycles. The summed E-state index contributed by atoms with van der Waals surface area (Å²) in [6.07, 6.45) is 0.00741. The van der Waals surface area contributed by atoms with Crippen molar-refractivity contribution >= 4 is 12.3 Å². The van der Waals surface area contributed by atoms with Crippen molar-refractivity contribution in [2.45, 2.75) is 31.9 Å². The Hall–Kier alpha value is -0.940. The van der Waals surface area contributed by atoms with Gasteiger partial charge in [-0.25, -0.2) is 0 Å². The molecule has 0 aromatic rings. The lowest BCUT2D eigenvalue weighted by Gasteiger charge is -2.22. The largest absolute Gasteiger partial charge is 0.461 e. The number of Topliss-reactive ketones (excluding diaryl/α,β-unsaturated/α-hetero) is 1. The van der Waals surface area contributed by atoms with Crippen LogP contribution in [0.4, 0.5) is 0 Å². The van der Waals surface area contributed by atoms with Crippen LogP contribution in [0.1, 0.15) is 20.3 Å². The van der Waals surface area contributed by atoms with Crippen LogP contribution in [0.25, 0.3) is 0 Å². The van der Waals surface area contributed by atoms with Gasteiger partial charge in [-0.15, -0.1) is 0 Å². The first-order chi connectivity index (χ1) is 5.93. The smallest absolute Gasteiger partial charge is 0.293 e. The Morgan fingerprint density at radius 3 is 2.62 bits per heavy atom. The van der Waals surface area contributed by atoms with E-state index in [-0.39, 0.29) is 18.7 Å². The van der Waals surface area contributed by atoms with E-state index in [2.05, 4.69) is 4.74 Å². The number of aliphatic hydroxyl groups excluding tert-OH is 1. The molecule has 0 rings (SSSR count). The molecule has 0 unspecified atom stereocenters. The predicted molar refractivity (Wildman–Crippen MR) is 45.9 cm³/mol. The topological polar surface area (TPSA) is 89.6 Å². The van der Waals surface area contributed by atoms with Crippen molar-refractivity contribution in [1.82, 2.24) is 0 Å². The molecule has 13 heavy (non-hydrogen) atoms. The van der Waals surface area contributed by atoms with Crippen LogP contribution in [0.5, 0.6) is 0 Å². The lowest BCUT2D eigenvalue weighted by atomic mass is 9.98. The zero-order valence-electron chi connectivity index (χ0n) is 7.82. The number of nitrogens with two attached hydrogens (primary N) is 1. The van der Waals surface area contributed by atoms with E-state index in [0.717, 1.165) is 0 Å². The van der Waals surface area contributed by atoms with Crippen LogP contribution in [0, 0.1) is 0 Å². The number of carbonyl (C=O) groups is 2. The van der Waals surface area contributed by atoms with E-state index in [1.165, 1.54) is 0 Å². The molecule has 0 heterocycles. The Balaban J connectivity index is 4.10. The molecule has 0 saturated heterocycles. The second kappa shape index (κ2) is 4.94. The minimum Gasteiger partial charge on any atom is -0.461 e. The van der Waals surface area contributed by atoms with Crippen LogP contribution in [-0.4, -0.2) is 35.6 Å². The third kappa shape index (κ3) is 4.59. The van der Waals surface area contributed by atoms with E-state index >= 15 is 0 Å². The molecule has 0 spiro atoms. The molecule has 0 aromatic heterocycles. The Bertz CT molecular complexity index is 191. The summed E-state index contributed by atoms with van der Waals surface area (Å²) in [6, 6.07) is -0.894. The summed E-state index contributed by atoms with van der Waals surface area (Å²) in [5.74, 6) is -0.325. The maximum absolute atomic E-state index is 11.2. The van der Waals surface area contributed by atoms with Crippen LogP contribution in [0.3, 0.4) is 0 Å². The van der Waals surface area contributed by atoms with Gasteiger partial charge in [-0.1, -0.05) is 0 Å². The van der Waals surface area contributed by atoms with E-state index in [1.807, 2.05) is 0 Å². The Kier molecular flexibility index (Phi) is 4.58. The van der Waals surface area contributed by atoms with Gasteiger partial charge in [0.2, 0.25) is 0 Å². The van der Waals surface area contributed by atoms with Gasteiger partial charge >= 0.3 is 0 Å². The maximum atomic E-state index is 11.2. The second-order valence-electron chi connectivity index (χ2n) is 3.41. The molecule has 5 nitrogen and oxygen atoms in total. The third-order valence-corrected chi connectivity index (χ3v) is 1.58. The van der Waals surface area contributed by atoms with Crippen LogP contribution in [-0.2, 0) is 14.3 Å². The van der Waals surface area contributed by atoms with Crippen molar-refractivity contribution in [3.05, 3.63) is 0 Å². The van der Waals surface area contributed by atoms with Crippen LogP contribution in [0.2, 0.25) is 0 Å². The summed E-state index contributed by atoms with van der Waals surface area (Å²) in [5, 5.41) is 8.58. The van der Waals surface area contributed by atoms with Crippen molar-refractivity contribution in [3.8, 4) is 0 Å². The fourth-order valence-electron chi connectivity index (χ4n) is 0.824. The van der Waals surface area contributed by atoms with Gasteiger partial charge in [-0.2, -0.15) is 0 Å². The van der Waals surface area contributed by atoms with Crippen molar-refractivity contribution in [1.29, 1.82) is 0 Å². The zero-order valence-corrected chi connectivity index (χ0v) is 7.82. The fraction of sp³-hybridized carbons (Fsp3) is 0.750. The van der Waals surface area contributed by atoms with E-state index in [1.54, 1.807) is 13.8 Å². The van der Waals surface area contributed by atoms with Crippen LogP contribution >= 0.6 is 0 Å². The monoisotopic (exact) mass is 189 g/mol. The van der Waals surface area contributed by atoms with E-state index in [0.29, 0.717) is 0 Å². The lowest BCUT2D eigenvalue weighted by Crippen LogP contribution is -2.39. The quantitative estimate of drug-likeness (QED) is 0.535. The van der Waals surface area contributed by atoms with Gasteiger partial charge in [0.1, 0.15) is 5.60 Å². The molecule has 3 N–H and O–H groups in total. The summed E-state index contributed by atoms with van der Waals surface area (Å²) >= 11 is 0. The van der Waals surface area contributed by atoms with Crippen LogP contribution in [0.15, 0.2) is 0 Å². The highest BCUT2D eigenvalue weighted by Gasteiger charge is 2.25. The van der Waals surface area contributed by atoms with Crippen LogP contribution < -0.4 is 5.73 Å². The SMILES string of the molecule is CC(C)(CC(=O)[C@@H](N)CO)OC=O. The molecule has 0 radical (unpaired) electrons. The van der Waals surface area contributed by atoms with E-state index < -0.39 is 18.2 Å². The predicted octanol–water partition coefficient (Wildman–Crippen LogP) is -0.783. The maximum Gasteiger partial charge on any atom is 0.293 e. The Morgan fingerprint density at radius 1 is 1.69 bits per heavy atom. The lowest BCUT2D eigenvalue weighted by molar-refractivity contribution is -0.143. The van der Waals surface area contributed by atoms with Gasteiger partial charge in [0.15, 0.2) is 5.78 Å². The molecule has 0 aliphatic rings. The second-order valence-corrected chi connectivity index (χ2v) is 3.41. The van der Waals surface area contributed by atoms with E-state index in [9.17, 15) is 9.59 Å². The molecule has 5 heteroatoms. The van der Waals surface area contributed by atoms with Crippen molar-refractivity contribution < 1.29 is 19.4 Å². The molecular weight excluding hydrogens is 174 g/mol. The summed E-state index contributed by atoms with van der Waals surface area (Å²) in [6.45, 7) is 3.10. The first kappa shape index (κ1) is 12.1. The number of aliphatic hydroxyl groups is 1. The molecule has 0 bridgehead atoms.